The number of nitrogens with zero attached hydrogens (tertiary/aromatic N) is 2. The summed E-state index contributed by atoms with van der Waals surface area (Å²) >= 11 is 0. The van der Waals surface area contributed by atoms with E-state index in [9.17, 15) is 9.59 Å². The molecule has 1 aliphatic rings. The molecule has 0 radical (unpaired) electrons. The minimum atomic E-state index is -0.521. The second-order valence-electron chi connectivity index (χ2n) is 5.53. The smallest absolute Gasteiger partial charge is 0.313 e. The molecule has 0 bridgehead atoms. The van der Waals surface area contributed by atoms with Crippen molar-refractivity contribution in [1.82, 2.24) is 20.2 Å². The number of aryl methyl sites for hydroxylation is 1. The maximum absolute atomic E-state index is 11.8. The highest BCUT2D eigenvalue weighted by molar-refractivity contribution is 5.57. The van der Waals surface area contributed by atoms with E-state index in [0.29, 0.717) is 17.2 Å². The Hall–Kier alpha value is -2.24. The Kier molecular flexibility index (Phi) is 3.00. The van der Waals surface area contributed by atoms with E-state index in [-0.39, 0.29) is 0 Å². The zero-order valence-corrected chi connectivity index (χ0v) is 11.4. The molecule has 0 aliphatic heterocycles. The topological polar surface area (TPSA) is 91.5 Å². The van der Waals surface area contributed by atoms with Gasteiger partial charge in [0.2, 0.25) is 0 Å². The lowest BCUT2D eigenvalue weighted by molar-refractivity contribution is 0.287. The van der Waals surface area contributed by atoms with Crippen molar-refractivity contribution >= 4 is 0 Å². The fourth-order valence-electron chi connectivity index (χ4n) is 2.77. The summed E-state index contributed by atoms with van der Waals surface area (Å²) in [6.07, 6.45) is 3.68. The monoisotopic (exact) mass is 272 g/mol. The first-order valence-electron chi connectivity index (χ1n) is 6.71. The predicted molar refractivity (Wildman–Crippen MR) is 74.6 cm³/mol. The third-order valence-electron chi connectivity index (χ3n) is 3.93. The molecular weight excluding hydrogens is 256 g/mol. The van der Waals surface area contributed by atoms with Crippen LogP contribution in [0.1, 0.15) is 36.9 Å². The predicted octanol–water partition coefficient (Wildman–Crippen LogP) is 1.34. The van der Waals surface area contributed by atoms with Crippen LogP contribution in [-0.4, -0.2) is 20.2 Å². The molecule has 2 N–H and O–H groups in total. The van der Waals surface area contributed by atoms with Gasteiger partial charge in [-0.1, -0.05) is 6.92 Å². The average Bonchev–Trinajstić information content (AvgIpc) is 2.37. The molecule has 3 rings (SSSR count). The number of aromatic amines is 2. The van der Waals surface area contributed by atoms with Crippen LogP contribution in [-0.2, 0) is 0 Å². The molecule has 0 spiro atoms. The average molecular weight is 272 g/mol. The van der Waals surface area contributed by atoms with Gasteiger partial charge in [0, 0.05) is 6.20 Å². The van der Waals surface area contributed by atoms with Gasteiger partial charge in [-0.3, -0.25) is 9.78 Å². The molecule has 2 aromatic heterocycles. The number of nitrogens with one attached hydrogen (secondary N) is 2. The van der Waals surface area contributed by atoms with Gasteiger partial charge in [0.1, 0.15) is 5.69 Å². The van der Waals surface area contributed by atoms with Crippen LogP contribution in [0.2, 0.25) is 0 Å². The maximum Gasteiger partial charge on any atom is 0.325 e. The van der Waals surface area contributed by atoms with Gasteiger partial charge in [-0.2, -0.15) is 5.10 Å². The SMILES string of the molecule is Cc1nnc(-c2c[nH]c(=O)[nH]c2=O)cc1C1CC(C)C1. The van der Waals surface area contributed by atoms with Crippen LogP contribution in [0.4, 0.5) is 0 Å². The standard InChI is InChI=1S/C14H16N4O2/c1-7-3-9(4-7)10-5-12(18-17-8(10)2)11-6-15-14(20)16-13(11)19/h5-7,9H,3-4H2,1-2H3,(H2,15,16,19,20). The summed E-state index contributed by atoms with van der Waals surface area (Å²) < 4.78 is 0. The first-order valence-corrected chi connectivity index (χ1v) is 6.71. The third-order valence-corrected chi connectivity index (χ3v) is 3.93. The lowest BCUT2D eigenvalue weighted by atomic mass is 9.72. The van der Waals surface area contributed by atoms with Gasteiger partial charge >= 0.3 is 5.69 Å². The van der Waals surface area contributed by atoms with Crippen molar-refractivity contribution in [2.24, 2.45) is 5.92 Å². The molecule has 0 aromatic carbocycles. The Morgan fingerprint density at radius 1 is 1.25 bits per heavy atom. The molecule has 1 fully saturated rings. The molecule has 104 valence electrons. The van der Waals surface area contributed by atoms with Crippen LogP contribution in [0.5, 0.6) is 0 Å². The molecule has 6 heteroatoms. The normalized spacial score (nSPS) is 21.5. The molecule has 2 aromatic rings. The van der Waals surface area contributed by atoms with Gasteiger partial charge in [-0.25, -0.2) is 4.79 Å². The zero-order chi connectivity index (χ0) is 14.3. The summed E-state index contributed by atoms with van der Waals surface area (Å²) in [5.74, 6) is 1.24. The summed E-state index contributed by atoms with van der Waals surface area (Å²) in [7, 11) is 0. The maximum atomic E-state index is 11.8. The summed E-state index contributed by atoms with van der Waals surface area (Å²) in [5.41, 5.74) is 1.94. The highest BCUT2D eigenvalue weighted by atomic mass is 16.2. The van der Waals surface area contributed by atoms with Crippen molar-refractivity contribution in [1.29, 1.82) is 0 Å². The van der Waals surface area contributed by atoms with Crippen molar-refractivity contribution in [3.8, 4) is 11.3 Å². The fraction of sp³-hybridized carbons (Fsp3) is 0.429. The van der Waals surface area contributed by atoms with E-state index in [4.69, 9.17) is 0 Å². The minimum Gasteiger partial charge on any atom is -0.313 e. The van der Waals surface area contributed by atoms with Crippen molar-refractivity contribution in [2.45, 2.75) is 32.6 Å². The lowest BCUT2D eigenvalue weighted by Crippen LogP contribution is -2.24. The van der Waals surface area contributed by atoms with E-state index in [0.717, 1.165) is 30.0 Å². The van der Waals surface area contributed by atoms with Crippen LogP contribution >= 0.6 is 0 Å². The molecule has 2 heterocycles. The highest BCUT2D eigenvalue weighted by Gasteiger charge is 2.28. The zero-order valence-electron chi connectivity index (χ0n) is 11.4. The molecule has 1 aliphatic carbocycles. The molecular formula is C14H16N4O2. The van der Waals surface area contributed by atoms with E-state index in [1.807, 2.05) is 13.0 Å². The molecule has 0 unspecified atom stereocenters. The molecule has 0 saturated heterocycles. The lowest BCUT2D eigenvalue weighted by Gasteiger charge is -2.33. The van der Waals surface area contributed by atoms with Crippen LogP contribution in [0.3, 0.4) is 0 Å². The summed E-state index contributed by atoms with van der Waals surface area (Å²) in [5, 5.41) is 8.22. The van der Waals surface area contributed by atoms with Crippen molar-refractivity contribution in [3.05, 3.63) is 44.4 Å². The Bertz CT molecular complexity index is 756. The Morgan fingerprint density at radius 2 is 2.00 bits per heavy atom. The van der Waals surface area contributed by atoms with Crippen LogP contribution in [0.25, 0.3) is 11.3 Å². The van der Waals surface area contributed by atoms with Crippen molar-refractivity contribution in [3.63, 3.8) is 0 Å². The molecule has 1 saturated carbocycles. The largest absolute Gasteiger partial charge is 0.325 e. The number of H-pyrrole nitrogens is 2. The summed E-state index contributed by atoms with van der Waals surface area (Å²) in [4.78, 5) is 27.5. The second-order valence-corrected chi connectivity index (χ2v) is 5.53. The second kappa shape index (κ2) is 4.70. The molecule has 0 atom stereocenters. The molecule has 6 nitrogen and oxygen atoms in total. The van der Waals surface area contributed by atoms with Gasteiger partial charge in [0.15, 0.2) is 0 Å². The van der Waals surface area contributed by atoms with Crippen LogP contribution < -0.4 is 11.2 Å². The Morgan fingerprint density at radius 3 is 2.65 bits per heavy atom. The molecule has 0 amide bonds. The van der Waals surface area contributed by atoms with E-state index in [1.54, 1.807) is 0 Å². The highest BCUT2D eigenvalue weighted by Crippen LogP contribution is 2.42. The summed E-state index contributed by atoms with van der Waals surface area (Å²) in [6.45, 7) is 4.17. The Labute approximate surface area is 115 Å². The number of rotatable bonds is 2. The molecule has 20 heavy (non-hydrogen) atoms. The first-order chi connectivity index (χ1) is 9.54. The van der Waals surface area contributed by atoms with E-state index in [2.05, 4.69) is 27.1 Å². The third kappa shape index (κ3) is 2.17. The van der Waals surface area contributed by atoms with Crippen molar-refractivity contribution < 1.29 is 0 Å². The van der Waals surface area contributed by atoms with Crippen molar-refractivity contribution in [2.75, 3.05) is 0 Å². The number of hydrogen-bond acceptors (Lipinski definition) is 4. The van der Waals surface area contributed by atoms with Crippen LogP contribution in [0.15, 0.2) is 21.9 Å². The minimum absolute atomic E-state index is 0.339. The van der Waals surface area contributed by atoms with Gasteiger partial charge in [0.25, 0.3) is 5.56 Å². The van der Waals surface area contributed by atoms with Gasteiger partial charge in [-0.15, -0.1) is 5.10 Å². The van der Waals surface area contributed by atoms with Gasteiger partial charge < -0.3 is 4.98 Å². The fourth-order valence-corrected chi connectivity index (χ4v) is 2.77. The van der Waals surface area contributed by atoms with E-state index in [1.165, 1.54) is 6.20 Å². The first kappa shape index (κ1) is 12.8. The van der Waals surface area contributed by atoms with Gasteiger partial charge in [0.05, 0.1) is 11.3 Å². The number of aromatic nitrogens is 4. The number of hydrogen-bond donors (Lipinski definition) is 2. The van der Waals surface area contributed by atoms with E-state index >= 15 is 0 Å². The quantitative estimate of drug-likeness (QED) is 0.863. The Balaban J connectivity index is 2.04. The van der Waals surface area contributed by atoms with E-state index < -0.39 is 11.2 Å². The van der Waals surface area contributed by atoms with Crippen LogP contribution in [0, 0.1) is 12.8 Å². The van der Waals surface area contributed by atoms with Gasteiger partial charge in [-0.05, 0) is 43.2 Å². The summed E-state index contributed by atoms with van der Waals surface area (Å²) in [6, 6.07) is 1.92.